The molecule has 1 aromatic rings. The molecule has 1 N–H and O–H groups in total. The monoisotopic (exact) mass is 292 g/mol. The summed E-state index contributed by atoms with van der Waals surface area (Å²) in [5.74, 6) is 0.735. The molecule has 1 aromatic carbocycles. The van der Waals surface area contributed by atoms with Crippen LogP contribution in [0.2, 0.25) is 0 Å². The van der Waals surface area contributed by atoms with E-state index in [9.17, 15) is 9.59 Å². The molecule has 0 radical (unpaired) electrons. The molecule has 2 amide bonds. The highest BCUT2D eigenvalue weighted by Gasteiger charge is 2.19. The summed E-state index contributed by atoms with van der Waals surface area (Å²) >= 11 is 0. The van der Waals surface area contributed by atoms with Crippen LogP contribution in [-0.2, 0) is 4.79 Å². The van der Waals surface area contributed by atoms with Crippen LogP contribution >= 0.6 is 0 Å². The number of fused-ring (bicyclic) bond motifs is 1. The maximum absolute atomic E-state index is 12.2. The Bertz CT molecular complexity index is 542. The van der Waals surface area contributed by atoms with Crippen molar-refractivity contribution in [3.63, 3.8) is 0 Å². The lowest BCUT2D eigenvalue weighted by atomic mass is 10.1. The zero-order valence-electron chi connectivity index (χ0n) is 12.5. The number of hydrogen-bond acceptors (Lipinski definition) is 4. The van der Waals surface area contributed by atoms with Crippen LogP contribution in [0.3, 0.4) is 0 Å². The molecule has 2 rings (SSSR count). The van der Waals surface area contributed by atoms with Crippen molar-refractivity contribution in [3.8, 4) is 11.5 Å². The molecule has 1 atom stereocenters. The lowest BCUT2D eigenvalue weighted by Gasteiger charge is -2.18. The summed E-state index contributed by atoms with van der Waals surface area (Å²) in [6.45, 7) is 2.82. The van der Waals surface area contributed by atoms with Gasteiger partial charge in [0.05, 0.1) is 13.2 Å². The number of amides is 2. The molecule has 0 aliphatic carbocycles. The summed E-state index contributed by atoms with van der Waals surface area (Å²) in [6.07, 6.45) is 0.810. The van der Waals surface area contributed by atoms with Gasteiger partial charge in [0, 0.05) is 26.1 Å². The highest BCUT2D eigenvalue weighted by atomic mass is 16.5. The van der Waals surface area contributed by atoms with E-state index < -0.39 is 6.04 Å². The third-order valence-electron chi connectivity index (χ3n) is 3.17. The Morgan fingerprint density at radius 3 is 2.52 bits per heavy atom. The van der Waals surface area contributed by atoms with Crippen molar-refractivity contribution in [2.75, 3.05) is 27.3 Å². The van der Waals surface area contributed by atoms with Crippen LogP contribution in [0.15, 0.2) is 18.2 Å². The topological polar surface area (TPSA) is 67.9 Å². The molecule has 0 fully saturated rings. The molecule has 0 unspecified atom stereocenters. The first-order valence-corrected chi connectivity index (χ1v) is 6.90. The van der Waals surface area contributed by atoms with E-state index in [-0.39, 0.29) is 11.8 Å². The van der Waals surface area contributed by atoms with Crippen LogP contribution in [0.25, 0.3) is 0 Å². The minimum Gasteiger partial charge on any atom is -0.490 e. The van der Waals surface area contributed by atoms with Crippen molar-refractivity contribution in [1.29, 1.82) is 0 Å². The normalized spacial score (nSPS) is 14.8. The van der Waals surface area contributed by atoms with E-state index in [2.05, 4.69) is 5.32 Å². The molecule has 1 aliphatic rings. The molecule has 0 bridgehead atoms. The molecular formula is C15H20N2O4. The summed E-state index contributed by atoms with van der Waals surface area (Å²) in [5, 5.41) is 2.67. The van der Waals surface area contributed by atoms with Gasteiger partial charge in [0.15, 0.2) is 11.5 Å². The first-order valence-electron chi connectivity index (χ1n) is 6.90. The quantitative estimate of drug-likeness (QED) is 0.904. The molecule has 0 aromatic heterocycles. The van der Waals surface area contributed by atoms with Crippen molar-refractivity contribution in [3.05, 3.63) is 23.8 Å². The summed E-state index contributed by atoms with van der Waals surface area (Å²) in [7, 11) is 3.30. The van der Waals surface area contributed by atoms with Crippen LogP contribution in [0, 0.1) is 0 Å². The molecule has 114 valence electrons. The number of rotatable bonds is 3. The molecule has 6 heteroatoms. The Kier molecular flexibility index (Phi) is 4.67. The van der Waals surface area contributed by atoms with Gasteiger partial charge in [0.25, 0.3) is 5.91 Å². The third-order valence-corrected chi connectivity index (χ3v) is 3.17. The number of nitrogens with zero attached hydrogens (tertiary/aromatic N) is 1. The van der Waals surface area contributed by atoms with Crippen molar-refractivity contribution in [1.82, 2.24) is 10.2 Å². The Balaban J connectivity index is 2.09. The highest BCUT2D eigenvalue weighted by molar-refractivity contribution is 5.97. The van der Waals surface area contributed by atoms with Gasteiger partial charge in [-0.2, -0.15) is 0 Å². The van der Waals surface area contributed by atoms with E-state index in [1.807, 2.05) is 0 Å². The summed E-state index contributed by atoms with van der Waals surface area (Å²) < 4.78 is 11.1. The molecule has 0 saturated carbocycles. The Hall–Kier alpha value is -2.24. The first kappa shape index (κ1) is 15.2. The van der Waals surface area contributed by atoms with E-state index in [1.165, 1.54) is 4.90 Å². The number of hydrogen-bond donors (Lipinski definition) is 1. The van der Waals surface area contributed by atoms with E-state index in [0.717, 1.165) is 6.42 Å². The number of nitrogens with one attached hydrogen (secondary N) is 1. The van der Waals surface area contributed by atoms with Crippen LogP contribution in [-0.4, -0.2) is 50.1 Å². The average Bonchev–Trinajstić information content (AvgIpc) is 2.70. The van der Waals surface area contributed by atoms with Gasteiger partial charge in [0.1, 0.15) is 6.04 Å². The Morgan fingerprint density at radius 2 is 1.86 bits per heavy atom. The number of benzene rings is 1. The summed E-state index contributed by atoms with van der Waals surface area (Å²) in [5.41, 5.74) is 0.442. The van der Waals surface area contributed by atoms with Crippen molar-refractivity contribution < 1.29 is 19.1 Å². The number of carbonyl (C=O) groups excluding carboxylic acids is 2. The zero-order valence-corrected chi connectivity index (χ0v) is 12.5. The van der Waals surface area contributed by atoms with Gasteiger partial charge in [-0.25, -0.2) is 0 Å². The van der Waals surface area contributed by atoms with Crippen LogP contribution in [0.4, 0.5) is 0 Å². The number of carbonyl (C=O) groups is 2. The Morgan fingerprint density at radius 1 is 1.19 bits per heavy atom. The van der Waals surface area contributed by atoms with Gasteiger partial charge in [-0.3, -0.25) is 9.59 Å². The van der Waals surface area contributed by atoms with Gasteiger partial charge in [0.2, 0.25) is 5.91 Å². The van der Waals surface area contributed by atoms with Crippen molar-refractivity contribution in [2.24, 2.45) is 0 Å². The second-order valence-corrected chi connectivity index (χ2v) is 5.14. The van der Waals surface area contributed by atoms with Crippen molar-refractivity contribution >= 4 is 11.8 Å². The molecular weight excluding hydrogens is 272 g/mol. The SMILES string of the molecule is C[C@H](NC(=O)c1ccc2c(c1)OCCCO2)C(=O)N(C)C. The minimum atomic E-state index is -0.580. The van der Waals surface area contributed by atoms with Gasteiger partial charge < -0.3 is 19.7 Å². The lowest BCUT2D eigenvalue weighted by Crippen LogP contribution is -2.44. The van der Waals surface area contributed by atoms with Gasteiger partial charge >= 0.3 is 0 Å². The number of ether oxygens (including phenoxy) is 2. The fourth-order valence-corrected chi connectivity index (χ4v) is 2.03. The molecule has 1 heterocycles. The summed E-state index contributed by atoms with van der Waals surface area (Å²) in [6, 6.07) is 4.44. The Labute approximate surface area is 124 Å². The maximum Gasteiger partial charge on any atom is 0.252 e. The predicted octanol–water partition coefficient (Wildman–Crippen LogP) is 1.05. The third kappa shape index (κ3) is 3.65. The molecule has 1 aliphatic heterocycles. The smallest absolute Gasteiger partial charge is 0.252 e. The van der Waals surface area contributed by atoms with Crippen LogP contribution in [0.1, 0.15) is 23.7 Å². The standard InChI is InChI=1S/C15H20N2O4/c1-10(15(19)17(2)3)16-14(18)11-5-6-12-13(9-11)21-8-4-7-20-12/h5-6,9-10H,4,7-8H2,1-3H3,(H,16,18)/t10-/m0/s1. The fraction of sp³-hybridized carbons (Fsp3) is 0.467. The van der Waals surface area contributed by atoms with Gasteiger partial charge in [-0.05, 0) is 25.1 Å². The fourth-order valence-electron chi connectivity index (χ4n) is 2.03. The van der Waals surface area contributed by atoms with Gasteiger partial charge in [-0.1, -0.05) is 0 Å². The van der Waals surface area contributed by atoms with Crippen molar-refractivity contribution in [2.45, 2.75) is 19.4 Å². The second-order valence-electron chi connectivity index (χ2n) is 5.14. The molecule has 0 saturated heterocycles. The van der Waals surface area contributed by atoms with E-state index in [0.29, 0.717) is 30.3 Å². The molecule has 0 spiro atoms. The maximum atomic E-state index is 12.2. The lowest BCUT2D eigenvalue weighted by molar-refractivity contribution is -0.130. The molecule has 21 heavy (non-hydrogen) atoms. The zero-order chi connectivity index (χ0) is 15.4. The largest absolute Gasteiger partial charge is 0.490 e. The number of likely N-dealkylation sites (N-methyl/N-ethyl adjacent to an activating group) is 1. The second kappa shape index (κ2) is 6.47. The highest BCUT2D eigenvalue weighted by Crippen LogP contribution is 2.30. The van der Waals surface area contributed by atoms with Crippen LogP contribution in [0.5, 0.6) is 11.5 Å². The van der Waals surface area contributed by atoms with E-state index in [4.69, 9.17) is 9.47 Å². The average molecular weight is 292 g/mol. The van der Waals surface area contributed by atoms with Gasteiger partial charge in [-0.15, -0.1) is 0 Å². The van der Waals surface area contributed by atoms with E-state index in [1.54, 1.807) is 39.2 Å². The first-order chi connectivity index (χ1) is 9.99. The van der Waals surface area contributed by atoms with E-state index >= 15 is 0 Å². The van der Waals surface area contributed by atoms with Crippen LogP contribution < -0.4 is 14.8 Å². The molecule has 6 nitrogen and oxygen atoms in total. The predicted molar refractivity (Wildman–Crippen MR) is 77.7 cm³/mol. The minimum absolute atomic E-state index is 0.155. The summed E-state index contributed by atoms with van der Waals surface area (Å²) in [4.78, 5) is 25.4.